The van der Waals surface area contributed by atoms with Gasteiger partial charge in [0.1, 0.15) is 11.9 Å². The Hall–Kier alpha value is -2.67. The Labute approximate surface area is 226 Å². The van der Waals surface area contributed by atoms with Crippen LogP contribution in [0.15, 0.2) is 50.5 Å². The van der Waals surface area contributed by atoms with Crippen LogP contribution in [0.2, 0.25) is 0 Å². The predicted octanol–water partition coefficient (Wildman–Crippen LogP) is 3.76. The number of benzene rings is 1. The Morgan fingerprint density at radius 1 is 1.43 bits per heavy atom. The highest BCUT2D eigenvalue weighted by Crippen LogP contribution is 2.37. The first kappa shape index (κ1) is 27.4. The van der Waals surface area contributed by atoms with Crippen LogP contribution in [0.1, 0.15) is 36.9 Å². The first-order valence-electron chi connectivity index (χ1n) is 11.9. The summed E-state index contributed by atoms with van der Waals surface area (Å²) >= 11 is 4.84. The van der Waals surface area contributed by atoms with Gasteiger partial charge in [0, 0.05) is 40.9 Å². The molecule has 0 spiro atoms. The highest BCUT2D eigenvalue weighted by atomic mass is 79.9. The molecule has 0 bridgehead atoms. The SMILES string of the molecule is CCOC(=O)C1=C(CN2CCOCC2CC(C)C(=O)O)NC(c2nccs2)=NC1c1ccc(F)cc1Br. The normalized spacial score (nSPS) is 21.2. The van der Waals surface area contributed by atoms with Crippen LogP contribution in [-0.4, -0.2) is 71.7 Å². The lowest BCUT2D eigenvalue weighted by atomic mass is 9.94. The lowest BCUT2D eigenvalue weighted by molar-refractivity contribution is -0.142. The molecule has 3 heterocycles. The monoisotopic (exact) mass is 594 g/mol. The molecular formula is C25H28BrFN4O5S. The first-order chi connectivity index (χ1) is 17.8. The zero-order valence-electron chi connectivity index (χ0n) is 20.4. The summed E-state index contributed by atoms with van der Waals surface area (Å²) < 4.78 is 25.5. The average molecular weight is 595 g/mol. The number of nitrogens with zero attached hydrogens (tertiary/aromatic N) is 3. The van der Waals surface area contributed by atoms with Crippen LogP contribution >= 0.6 is 27.3 Å². The van der Waals surface area contributed by atoms with Crippen molar-refractivity contribution in [1.82, 2.24) is 15.2 Å². The minimum Gasteiger partial charge on any atom is -0.481 e. The Bertz CT molecular complexity index is 1210. The number of nitrogens with one attached hydrogen (secondary N) is 1. The summed E-state index contributed by atoms with van der Waals surface area (Å²) in [6.45, 7) is 5.33. The van der Waals surface area contributed by atoms with E-state index in [1.54, 1.807) is 26.1 Å². The van der Waals surface area contributed by atoms with Crippen molar-refractivity contribution in [1.29, 1.82) is 0 Å². The number of thiazole rings is 1. The number of aromatic nitrogens is 1. The number of morpholine rings is 1. The number of halogens is 2. The van der Waals surface area contributed by atoms with Crippen molar-refractivity contribution in [3.05, 3.63) is 61.9 Å². The minimum atomic E-state index is -0.868. The smallest absolute Gasteiger partial charge is 0.338 e. The maximum Gasteiger partial charge on any atom is 0.338 e. The van der Waals surface area contributed by atoms with E-state index in [0.717, 1.165) is 0 Å². The van der Waals surface area contributed by atoms with Crippen molar-refractivity contribution in [2.24, 2.45) is 10.9 Å². The Morgan fingerprint density at radius 3 is 2.92 bits per heavy atom. The molecule has 3 atom stereocenters. The van der Waals surface area contributed by atoms with Crippen molar-refractivity contribution in [2.75, 3.05) is 32.9 Å². The van der Waals surface area contributed by atoms with Gasteiger partial charge in [-0.05, 0) is 31.0 Å². The molecule has 1 aromatic heterocycles. The van der Waals surface area contributed by atoms with Crippen LogP contribution < -0.4 is 5.32 Å². The van der Waals surface area contributed by atoms with Crippen molar-refractivity contribution in [2.45, 2.75) is 32.4 Å². The molecule has 0 saturated carbocycles. The second-order valence-electron chi connectivity index (χ2n) is 8.80. The zero-order valence-corrected chi connectivity index (χ0v) is 22.8. The van der Waals surface area contributed by atoms with Gasteiger partial charge in [-0.2, -0.15) is 0 Å². The number of carbonyl (C=O) groups is 2. The summed E-state index contributed by atoms with van der Waals surface area (Å²) in [6, 6.07) is 3.33. The maximum absolute atomic E-state index is 13.9. The molecule has 198 valence electrons. The van der Waals surface area contributed by atoms with Gasteiger partial charge in [-0.1, -0.05) is 28.9 Å². The van der Waals surface area contributed by atoms with E-state index in [-0.39, 0.29) is 12.6 Å². The first-order valence-corrected chi connectivity index (χ1v) is 13.6. The lowest BCUT2D eigenvalue weighted by Gasteiger charge is -2.38. The third kappa shape index (κ3) is 6.43. The van der Waals surface area contributed by atoms with Gasteiger partial charge < -0.3 is 19.9 Å². The van der Waals surface area contributed by atoms with Gasteiger partial charge in [-0.15, -0.1) is 11.3 Å². The molecular weight excluding hydrogens is 567 g/mol. The summed E-state index contributed by atoms with van der Waals surface area (Å²) in [4.78, 5) is 36.2. The summed E-state index contributed by atoms with van der Waals surface area (Å²) in [5, 5.41) is 15.2. The van der Waals surface area contributed by atoms with Crippen LogP contribution in [0.3, 0.4) is 0 Å². The number of aliphatic carboxylic acids is 1. The number of esters is 1. The quantitative estimate of drug-likeness (QED) is 0.422. The molecule has 2 aromatic rings. The van der Waals surface area contributed by atoms with E-state index < -0.39 is 29.7 Å². The van der Waals surface area contributed by atoms with Gasteiger partial charge in [0.05, 0.1) is 31.3 Å². The highest BCUT2D eigenvalue weighted by molar-refractivity contribution is 9.10. The maximum atomic E-state index is 13.9. The number of amidine groups is 1. The van der Waals surface area contributed by atoms with Gasteiger partial charge in [0.25, 0.3) is 0 Å². The second-order valence-corrected chi connectivity index (χ2v) is 10.5. The van der Waals surface area contributed by atoms with E-state index in [2.05, 4.69) is 31.1 Å². The number of aliphatic imine (C=N–C) groups is 1. The fourth-order valence-electron chi connectivity index (χ4n) is 4.39. The molecule has 0 aliphatic carbocycles. The molecule has 4 rings (SSSR count). The molecule has 9 nitrogen and oxygen atoms in total. The number of hydrogen-bond donors (Lipinski definition) is 2. The van der Waals surface area contributed by atoms with Gasteiger partial charge in [-0.25, -0.2) is 14.2 Å². The van der Waals surface area contributed by atoms with E-state index in [4.69, 9.17) is 14.5 Å². The molecule has 0 amide bonds. The average Bonchev–Trinajstić information content (AvgIpc) is 3.40. The molecule has 0 radical (unpaired) electrons. The van der Waals surface area contributed by atoms with E-state index in [1.807, 2.05) is 5.38 Å². The topological polar surface area (TPSA) is 113 Å². The Balaban J connectivity index is 1.78. The number of ether oxygens (including phenoxy) is 2. The Morgan fingerprint density at radius 2 is 2.24 bits per heavy atom. The van der Waals surface area contributed by atoms with Crippen molar-refractivity contribution in [3.8, 4) is 0 Å². The van der Waals surface area contributed by atoms with Crippen molar-refractivity contribution >= 4 is 45.0 Å². The summed E-state index contributed by atoms with van der Waals surface area (Å²) in [7, 11) is 0. The van der Waals surface area contributed by atoms with Crippen LogP contribution in [0.5, 0.6) is 0 Å². The predicted molar refractivity (Wildman–Crippen MR) is 140 cm³/mol. The number of carboxylic acids is 1. The molecule has 2 aliphatic heterocycles. The largest absolute Gasteiger partial charge is 0.481 e. The summed E-state index contributed by atoms with van der Waals surface area (Å²) in [5.41, 5.74) is 1.50. The molecule has 1 aromatic carbocycles. The van der Waals surface area contributed by atoms with Crippen LogP contribution in [-0.2, 0) is 19.1 Å². The van der Waals surface area contributed by atoms with Crippen LogP contribution in [0, 0.1) is 11.7 Å². The molecule has 1 fully saturated rings. The van der Waals surface area contributed by atoms with Gasteiger partial charge >= 0.3 is 11.9 Å². The third-order valence-electron chi connectivity index (χ3n) is 6.27. The summed E-state index contributed by atoms with van der Waals surface area (Å²) in [5.74, 6) is -1.88. The van der Waals surface area contributed by atoms with Gasteiger partial charge in [0.2, 0.25) is 0 Å². The Kier molecular flexibility index (Phi) is 9.06. The lowest BCUT2D eigenvalue weighted by Crippen LogP contribution is -2.49. The summed E-state index contributed by atoms with van der Waals surface area (Å²) in [6.07, 6.45) is 2.07. The number of hydrogen-bond acceptors (Lipinski definition) is 9. The number of carboxylic acid groups (broad SMARTS) is 1. The van der Waals surface area contributed by atoms with Crippen molar-refractivity contribution in [3.63, 3.8) is 0 Å². The minimum absolute atomic E-state index is 0.157. The molecule has 3 unspecified atom stereocenters. The molecule has 2 N–H and O–H groups in total. The number of rotatable bonds is 9. The van der Waals surface area contributed by atoms with Gasteiger partial charge in [-0.3, -0.25) is 14.7 Å². The zero-order chi connectivity index (χ0) is 26.5. The van der Waals surface area contributed by atoms with E-state index >= 15 is 0 Å². The molecule has 2 aliphatic rings. The van der Waals surface area contributed by atoms with E-state index in [1.165, 1.54) is 23.5 Å². The molecule has 12 heteroatoms. The molecule has 37 heavy (non-hydrogen) atoms. The highest BCUT2D eigenvalue weighted by Gasteiger charge is 2.36. The standard InChI is InChI=1S/C25H28BrFN4O5S/c1-3-36-25(34)20-19(12-31-7-8-35-13-16(31)10-14(2)24(32)33)29-22(23-28-6-9-37-23)30-21(20)17-5-4-15(27)11-18(17)26/h4-6,9,11,14,16,21H,3,7-8,10,12-13H2,1-2H3,(H,29,30)(H,32,33). The van der Waals surface area contributed by atoms with Gasteiger partial charge in [0.15, 0.2) is 10.8 Å². The van der Waals surface area contributed by atoms with Crippen molar-refractivity contribution < 1.29 is 28.6 Å². The third-order valence-corrected chi connectivity index (χ3v) is 7.74. The fourth-order valence-corrected chi connectivity index (χ4v) is 5.55. The second kappa shape index (κ2) is 12.2. The number of carbonyl (C=O) groups excluding carboxylic acids is 1. The van der Waals surface area contributed by atoms with Crippen LogP contribution in [0.25, 0.3) is 0 Å². The fraction of sp³-hybridized carbons (Fsp3) is 0.440. The van der Waals surface area contributed by atoms with Crippen LogP contribution in [0.4, 0.5) is 4.39 Å². The van der Waals surface area contributed by atoms with E-state index in [0.29, 0.717) is 64.9 Å². The van der Waals surface area contributed by atoms with E-state index in [9.17, 15) is 19.1 Å². The molecule has 1 saturated heterocycles.